The Morgan fingerprint density at radius 3 is 2.36 bits per heavy atom. The molecule has 2 nitrogen and oxygen atoms in total. The van der Waals surface area contributed by atoms with Crippen LogP contribution in [0.2, 0.25) is 0 Å². The molecule has 0 aliphatic heterocycles. The van der Waals surface area contributed by atoms with Gasteiger partial charge in [0.2, 0.25) is 0 Å². The van der Waals surface area contributed by atoms with Gasteiger partial charge in [0.25, 0.3) is 0 Å². The molecule has 3 rings (SSSR count). The fraction of sp³-hybridized carbons (Fsp3) is 0.211. The van der Waals surface area contributed by atoms with Crippen molar-refractivity contribution >= 4 is 22.3 Å². The molecule has 0 saturated carbocycles. The standard InChI is InChI=1S/C19H19FN2/c1-19(2,3)14-4-7-16(8-5-14)22-18-17-9-6-15(20)12-13(17)10-11-21-18/h4-12H,1-3H3,(H,21,22). The van der Waals surface area contributed by atoms with Gasteiger partial charge in [0.1, 0.15) is 11.6 Å². The molecular weight excluding hydrogens is 275 g/mol. The maximum Gasteiger partial charge on any atom is 0.138 e. The normalized spacial score (nSPS) is 11.6. The molecule has 1 heterocycles. The lowest BCUT2D eigenvalue weighted by Gasteiger charge is -2.19. The molecule has 2 aromatic carbocycles. The lowest BCUT2D eigenvalue weighted by molar-refractivity contribution is 0.590. The molecule has 0 atom stereocenters. The molecule has 0 amide bonds. The summed E-state index contributed by atoms with van der Waals surface area (Å²) >= 11 is 0. The summed E-state index contributed by atoms with van der Waals surface area (Å²) in [5.74, 6) is 0.500. The molecule has 0 aliphatic rings. The first-order valence-electron chi connectivity index (χ1n) is 7.35. The molecule has 0 fully saturated rings. The van der Waals surface area contributed by atoms with Crippen LogP contribution in [0.4, 0.5) is 15.9 Å². The van der Waals surface area contributed by atoms with Crippen molar-refractivity contribution in [3.05, 3.63) is 66.1 Å². The van der Waals surface area contributed by atoms with Gasteiger partial charge in [-0.2, -0.15) is 0 Å². The maximum atomic E-state index is 13.3. The monoisotopic (exact) mass is 294 g/mol. The Hall–Kier alpha value is -2.42. The largest absolute Gasteiger partial charge is 0.340 e. The van der Waals surface area contributed by atoms with Crippen LogP contribution in [0, 0.1) is 5.82 Å². The lowest BCUT2D eigenvalue weighted by atomic mass is 9.87. The van der Waals surface area contributed by atoms with E-state index in [0.29, 0.717) is 0 Å². The number of nitrogens with one attached hydrogen (secondary N) is 1. The summed E-state index contributed by atoms with van der Waals surface area (Å²) in [7, 11) is 0. The third-order valence-corrected chi connectivity index (χ3v) is 3.74. The number of halogens is 1. The van der Waals surface area contributed by atoms with E-state index < -0.39 is 0 Å². The van der Waals surface area contributed by atoms with Crippen molar-refractivity contribution in [1.82, 2.24) is 4.98 Å². The Morgan fingerprint density at radius 1 is 0.955 bits per heavy atom. The van der Waals surface area contributed by atoms with Crippen molar-refractivity contribution in [3.63, 3.8) is 0 Å². The van der Waals surface area contributed by atoms with Gasteiger partial charge >= 0.3 is 0 Å². The Morgan fingerprint density at radius 2 is 1.68 bits per heavy atom. The zero-order chi connectivity index (χ0) is 15.7. The van der Waals surface area contributed by atoms with Crippen molar-refractivity contribution in [3.8, 4) is 0 Å². The molecule has 0 radical (unpaired) electrons. The fourth-order valence-corrected chi connectivity index (χ4v) is 2.44. The zero-order valence-corrected chi connectivity index (χ0v) is 13.0. The second kappa shape index (κ2) is 5.41. The molecule has 22 heavy (non-hydrogen) atoms. The van der Waals surface area contributed by atoms with Crippen molar-refractivity contribution in [1.29, 1.82) is 0 Å². The maximum absolute atomic E-state index is 13.3. The summed E-state index contributed by atoms with van der Waals surface area (Å²) in [5.41, 5.74) is 2.39. The zero-order valence-electron chi connectivity index (χ0n) is 13.0. The van der Waals surface area contributed by atoms with Gasteiger partial charge in [0.15, 0.2) is 0 Å². The molecule has 1 aromatic heterocycles. The van der Waals surface area contributed by atoms with Crippen molar-refractivity contribution < 1.29 is 4.39 Å². The van der Waals surface area contributed by atoms with Crippen LogP contribution in [-0.4, -0.2) is 4.98 Å². The van der Waals surface area contributed by atoms with Crippen LogP contribution in [-0.2, 0) is 5.41 Å². The van der Waals surface area contributed by atoms with Crippen LogP contribution in [0.3, 0.4) is 0 Å². The minimum Gasteiger partial charge on any atom is -0.340 e. The SMILES string of the molecule is CC(C)(C)c1ccc(Nc2nccc3cc(F)ccc23)cc1. The number of benzene rings is 2. The number of anilines is 2. The van der Waals surface area contributed by atoms with Gasteiger partial charge in [-0.1, -0.05) is 32.9 Å². The number of nitrogens with zero attached hydrogens (tertiary/aromatic N) is 1. The van der Waals surface area contributed by atoms with Crippen LogP contribution >= 0.6 is 0 Å². The van der Waals surface area contributed by atoms with E-state index >= 15 is 0 Å². The summed E-state index contributed by atoms with van der Waals surface area (Å²) in [4.78, 5) is 4.37. The predicted molar refractivity (Wildman–Crippen MR) is 90.1 cm³/mol. The first kappa shape index (κ1) is 14.5. The molecule has 1 N–H and O–H groups in total. The highest BCUT2D eigenvalue weighted by Gasteiger charge is 2.13. The number of hydrogen-bond donors (Lipinski definition) is 1. The van der Waals surface area contributed by atoms with Gasteiger partial charge in [-0.25, -0.2) is 9.37 Å². The molecule has 3 aromatic rings. The van der Waals surface area contributed by atoms with Crippen molar-refractivity contribution in [2.24, 2.45) is 0 Å². The number of fused-ring (bicyclic) bond motifs is 1. The van der Waals surface area contributed by atoms with E-state index in [1.807, 2.05) is 18.2 Å². The first-order valence-corrected chi connectivity index (χ1v) is 7.35. The van der Waals surface area contributed by atoms with Crippen LogP contribution in [0.1, 0.15) is 26.3 Å². The average Bonchev–Trinajstić information content (AvgIpc) is 2.47. The smallest absolute Gasteiger partial charge is 0.138 e. The molecule has 0 aliphatic carbocycles. The third-order valence-electron chi connectivity index (χ3n) is 3.74. The van der Waals surface area contributed by atoms with Crippen LogP contribution < -0.4 is 5.32 Å². The van der Waals surface area contributed by atoms with E-state index in [0.717, 1.165) is 22.3 Å². The van der Waals surface area contributed by atoms with E-state index in [1.165, 1.54) is 17.7 Å². The number of rotatable bonds is 2. The number of aromatic nitrogens is 1. The summed E-state index contributed by atoms with van der Waals surface area (Å²) < 4.78 is 13.3. The van der Waals surface area contributed by atoms with Crippen LogP contribution in [0.5, 0.6) is 0 Å². The van der Waals surface area contributed by atoms with Gasteiger partial charge in [0, 0.05) is 17.3 Å². The lowest BCUT2D eigenvalue weighted by Crippen LogP contribution is -2.10. The third kappa shape index (κ3) is 2.93. The van der Waals surface area contributed by atoms with E-state index in [1.54, 1.807) is 12.3 Å². The van der Waals surface area contributed by atoms with E-state index in [-0.39, 0.29) is 11.2 Å². The summed E-state index contributed by atoms with van der Waals surface area (Å²) in [6.07, 6.45) is 1.69. The Labute approximate surface area is 130 Å². The second-order valence-electron chi connectivity index (χ2n) is 6.48. The van der Waals surface area contributed by atoms with Crippen LogP contribution in [0.25, 0.3) is 10.8 Å². The van der Waals surface area contributed by atoms with Gasteiger partial charge < -0.3 is 5.32 Å². The number of hydrogen-bond acceptors (Lipinski definition) is 2. The minimum atomic E-state index is -0.237. The molecule has 0 saturated heterocycles. The van der Waals surface area contributed by atoms with E-state index in [2.05, 4.69) is 43.2 Å². The second-order valence-corrected chi connectivity index (χ2v) is 6.48. The van der Waals surface area contributed by atoms with Gasteiger partial charge in [-0.15, -0.1) is 0 Å². The van der Waals surface area contributed by atoms with Crippen molar-refractivity contribution in [2.45, 2.75) is 26.2 Å². The summed E-state index contributed by atoms with van der Waals surface area (Å²) in [6, 6.07) is 14.9. The molecule has 0 bridgehead atoms. The quantitative estimate of drug-likeness (QED) is 0.683. The minimum absolute atomic E-state index is 0.133. The average molecular weight is 294 g/mol. The van der Waals surface area contributed by atoms with E-state index in [9.17, 15) is 4.39 Å². The highest BCUT2D eigenvalue weighted by molar-refractivity contribution is 5.93. The predicted octanol–water partition coefficient (Wildman–Crippen LogP) is 5.42. The Bertz CT molecular complexity index is 802. The van der Waals surface area contributed by atoms with Gasteiger partial charge in [0.05, 0.1) is 0 Å². The Kier molecular flexibility index (Phi) is 3.57. The number of pyridine rings is 1. The van der Waals surface area contributed by atoms with Gasteiger partial charge in [-0.3, -0.25) is 0 Å². The first-order chi connectivity index (χ1) is 10.4. The summed E-state index contributed by atoms with van der Waals surface area (Å²) in [6.45, 7) is 6.57. The molecule has 3 heteroatoms. The summed E-state index contributed by atoms with van der Waals surface area (Å²) in [5, 5.41) is 5.05. The molecular formula is C19H19FN2. The fourth-order valence-electron chi connectivity index (χ4n) is 2.44. The van der Waals surface area contributed by atoms with E-state index in [4.69, 9.17) is 0 Å². The van der Waals surface area contributed by atoms with Crippen LogP contribution in [0.15, 0.2) is 54.7 Å². The highest BCUT2D eigenvalue weighted by Crippen LogP contribution is 2.27. The topological polar surface area (TPSA) is 24.9 Å². The highest BCUT2D eigenvalue weighted by atomic mass is 19.1. The Balaban J connectivity index is 1.93. The molecule has 112 valence electrons. The van der Waals surface area contributed by atoms with Crippen molar-refractivity contribution in [2.75, 3.05) is 5.32 Å². The molecule has 0 unspecified atom stereocenters. The van der Waals surface area contributed by atoms with Gasteiger partial charge in [-0.05, 0) is 52.8 Å². The molecule has 0 spiro atoms.